The highest BCUT2D eigenvalue weighted by molar-refractivity contribution is 6.00. The molecule has 1 aliphatic rings. The Morgan fingerprint density at radius 2 is 1.80 bits per heavy atom. The zero-order valence-corrected chi connectivity index (χ0v) is 14.9. The van der Waals surface area contributed by atoms with Crippen LogP contribution in [0.1, 0.15) is 36.8 Å². The molecule has 3 nitrogen and oxygen atoms in total. The summed E-state index contributed by atoms with van der Waals surface area (Å²) < 4.78 is 6.19. The summed E-state index contributed by atoms with van der Waals surface area (Å²) in [6, 6.07) is 12.5. The van der Waals surface area contributed by atoms with E-state index in [1.807, 2.05) is 6.07 Å². The maximum absolute atomic E-state index is 6.50. The standard InChI is InChI=1S/C22H24N2O/c1-14-9-10-17(25-16-6-3-4-7-16)13-19(14)20-12-15(2)18-8-5-11-24-22(18)21(20)23/h5,8-13,16H,3-4,6-7,23H2,1-2H3. The lowest BCUT2D eigenvalue weighted by atomic mass is 9.94. The van der Waals surface area contributed by atoms with E-state index in [0.717, 1.165) is 46.3 Å². The van der Waals surface area contributed by atoms with Gasteiger partial charge >= 0.3 is 0 Å². The molecule has 1 aromatic heterocycles. The first-order chi connectivity index (χ1) is 12.1. The van der Waals surface area contributed by atoms with Crippen LogP contribution < -0.4 is 10.5 Å². The summed E-state index contributed by atoms with van der Waals surface area (Å²) >= 11 is 0. The second-order valence-corrected chi connectivity index (χ2v) is 7.06. The molecule has 0 amide bonds. The number of nitrogens with zero attached hydrogens (tertiary/aromatic N) is 1. The van der Waals surface area contributed by atoms with E-state index >= 15 is 0 Å². The van der Waals surface area contributed by atoms with Gasteiger partial charge in [0.25, 0.3) is 0 Å². The van der Waals surface area contributed by atoms with E-state index in [-0.39, 0.29) is 0 Å². The normalized spacial score (nSPS) is 15.0. The van der Waals surface area contributed by atoms with Crippen LogP contribution in [-0.4, -0.2) is 11.1 Å². The van der Waals surface area contributed by atoms with Gasteiger partial charge in [-0.2, -0.15) is 0 Å². The highest BCUT2D eigenvalue weighted by atomic mass is 16.5. The molecular formula is C22H24N2O. The first-order valence-electron chi connectivity index (χ1n) is 9.05. The smallest absolute Gasteiger partial charge is 0.120 e. The van der Waals surface area contributed by atoms with Crippen molar-refractivity contribution in [1.82, 2.24) is 4.98 Å². The van der Waals surface area contributed by atoms with Gasteiger partial charge in [0, 0.05) is 17.1 Å². The molecule has 2 aromatic carbocycles. The fourth-order valence-electron chi connectivity index (χ4n) is 3.82. The summed E-state index contributed by atoms with van der Waals surface area (Å²) in [5.74, 6) is 0.936. The second-order valence-electron chi connectivity index (χ2n) is 7.06. The third kappa shape index (κ3) is 2.95. The number of pyridine rings is 1. The number of anilines is 1. The number of nitrogen functional groups attached to an aromatic ring is 1. The van der Waals surface area contributed by atoms with Crippen LogP contribution in [0.15, 0.2) is 42.6 Å². The van der Waals surface area contributed by atoms with Crippen molar-refractivity contribution in [2.45, 2.75) is 45.6 Å². The van der Waals surface area contributed by atoms with Crippen LogP contribution in [0.5, 0.6) is 5.75 Å². The molecule has 0 spiro atoms. The first kappa shape index (κ1) is 15.9. The summed E-state index contributed by atoms with van der Waals surface area (Å²) in [6.07, 6.45) is 7.01. The Labute approximate surface area is 148 Å². The summed E-state index contributed by atoms with van der Waals surface area (Å²) in [7, 11) is 0. The number of hydrogen-bond acceptors (Lipinski definition) is 3. The van der Waals surface area contributed by atoms with Crippen molar-refractivity contribution in [2.24, 2.45) is 0 Å². The third-order valence-electron chi connectivity index (χ3n) is 5.24. The van der Waals surface area contributed by atoms with Crippen molar-refractivity contribution in [1.29, 1.82) is 0 Å². The molecule has 3 heteroatoms. The van der Waals surface area contributed by atoms with Gasteiger partial charge in [0.15, 0.2) is 0 Å². The van der Waals surface area contributed by atoms with Crippen LogP contribution >= 0.6 is 0 Å². The molecule has 3 aromatic rings. The molecule has 0 saturated heterocycles. The number of fused-ring (bicyclic) bond motifs is 1. The van der Waals surface area contributed by atoms with E-state index in [4.69, 9.17) is 10.5 Å². The van der Waals surface area contributed by atoms with Crippen LogP contribution in [0.2, 0.25) is 0 Å². The molecule has 0 bridgehead atoms. The molecule has 4 rings (SSSR count). The van der Waals surface area contributed by atoms with Crippen molar-refractivity contribution in [3.63, 3.8) is 0 Å². The number of ether oxygens (including phenoxy) is 1. The lowest BCUT2D eigenvalue weighted by Crippen LogP contribution is -2.10. The average molecular weight is 332 g/mol. The van der Waals surface area contributed by atoms with Crippen LogP contribution in [0, 0.1) is 13.8 Å². The Kier molecular flexibility index (Phi) is 4.08. The van der Waals surface area contributed by atoms with Gasteiger partial charge in [-0.1, -0.05) is 12.1 Å². The summed E-state index contributed by atoms with van der Waals surface area (Å²) in [4.78, 5) is 4.51. The number of hydrogen-bond donors (Lipinski definition) is 1. The molecule has 128 valence electrons. The minimum atomic E-state index is 0.355. The van der Waals surface area contributed by atoms with E-state index in [2.05, 4.69) is 49.2 Å². The maximum Gasteiger partial charge on any atom is 0.120 e. The first-order valence-corrected chi connectivity index (χ1v) is 9.05. The third-order valence-corrected chi connectivity index (χ3v) is 5.24. The van der Waals surface area contributed by atoms with E-state index in [0.29, 0.717) is 6.10 Å². The topological polar surface area (TPSA) is 48.1 Å². The Morgan fingerprint density at radius 1 is 1.00 bits per heavy atom. The number of nitrogens with two attached hydrogens (primary N) is 1. The molecular weight excluding hydrogens is 308 g/mol. The number of aromatic nitrogens is 1. The zero-order valence-electron chi connectivity index (χ0n) is 14.9. The Morgan fingerprint density at radius 3 is 2.60 bits per heavy atom. The quantitative estimate of drug-likeness (QED) is 0.651. The molecule has 0 aliphatic heterocycles. The van der Waals surface area contributed by atoms with Crippen molar-refractivity contribution in [3.8, 4) is 16.9 Å². The summed E-state index contributed by atoms with van der Waals surface area (Å²) in [6.45, 7) is 4.23. The van der Waals surface area contributed by atoms with Gasteiger partial charge in [-0.05, 0) is 80.5 Å². The van der Waals surface area contributed by atoms with Gasteiger partial charge < -0.3 is 10.5 Å². The van der Waals surface area contributed by atoms with E-state index in [9.17, 15) is 0 Å². The lowest BCUT2D eigenvalue weighted by molar-refractivity contribution is 0.210. The van der Waals surface area contributed by atoms with Gasteiger partial charge in [-0.3, -0.25) is 4.98 Å². The molecule has 1 aliphatic carbocycles. The van der Waals surface area contributed by atoms with Crippen LogP contribution in [0.3, 0.4) is 0 Å². The van der Waals surface area contributed by atoms with Gasteiger partial charge in [0.2, 0.25) is 0 Å². The fourth-order valence-corrected chi connectivity index (χ4v) is 3.82. The van der Waals surface area contributed by atoms with Gasteiger partial charge in [-0.15, -0.1) is 0 Å². The SMILES string of the molecule is Cc1ccc(OC2CCCC2)cc1-c1cc(C)c2cccnc2c1N. The zero-order chi connectivity index (χ0) is 17.4. The minimum absolute atomic E-state index is 0.355. The van der Waals surface area contributed by atoms with E-state index in [1.165, 1.54) is 24.0 Å². The highest BCUT2D eigenvalue weighted by Crippen LogP contribution is 2.37. The van der Waals surface area contributed by atoms with Crippen molar-refractivity contribution < 1.29 is 4.74 Å². The maximum atomic E-state index is 6.50. The molecule has 0 radical (unpaired) electrons. The number of benzene rings is 2. The monoisotopic (exact) mass is 332 g/mol. The predicted molar refractivity (Wildman–Crippen MR) is 104 cm³/mol. The Bertz CT molecular complexity index is 927. The van der Waals surface area contributed by atoms with Gasteiger partial charge in [0.05, 0.1) is 17.3 Å². The summed E-state index contributed by atoms with van der Waals surface area (Å²) in [5, 5.41) is 1.11. The van der Waals surface area contributed by atoms with Crippen molar-refractivity contribution >= 4 is 16.6 Å². The predicted octanol–water partition coefficient (Wildman–Crippen LogP) is 5.42. The molecule has 2 N–H and O–H groups in total. The molecule has 1 heterocycles. The van der Waals surface area contributed by atoms with Crippen molar-refractivity contribution in [3.05, 3.63) is 53.7 Å². The number of aryl methyl sites for hydroxylation is 2. The number of rotatable bonds is 3. The van der Waals surface area contributed by atoms with Crippen molar-refractivity contribution in [2.75, 3.05) is 5.73 Å². The molecule has 1 saturated carbocycles. The largest absolute Gasteiger partial charge is 0.490 e. The lowest BCUT2D eigenvalue weighted by Gasteiger charge is -2.17. The van der Waals surface area contributed by atoms with Crippen LogP contribution in [-0.2, 0) is 0 Å². The average Bonchev–Trinajstić information content (AvgIpc) is 3.13. The molecule has 0 atom stereocenters. The molecule has 1 fully saturated rings. The van der Waals surface area contributed by atoms with E-state index < -0.39 is 0 Å². The Hall–Kier alpha value is -2.55. The summed E-state index contributed by atoms with van der Waals surface area (Å²) in [5.41, 5.74) is 12.7. The second kappa shape index (κ2) is 6.40. The highest BCUT2D eigenvalue weighted by Gasteiger charge is 2.18. The van der Waals surface area contributed by atoms with Crippen LogP contribution in [0.25, 0.3) is 22.0 Å². The Balaban J connectivity index is 1.81. The fraction of sp³-hybridized carbons (Fsp3) is 0.318. The minimum Gasteiger partial charge on any atom is -0.490 e. The van der Waals surface area contributed by atoms with E-state index in [1.54, 1.807) is 6.20 Å². The van der Waals surface area contributed by atoms with Crippen LogP contribution in [0.4, 0.5) is 5.69 Å². The van der Waals surface area contributed by atoms with Gasteiger partial charge in [0.1, 0.15) is 5.75 Å². The molecule has 0 unspecified atom stereocenters. The van der Waals surface area contributed by atoms with Gasteiger partial charge in [-0.25, -0.2) is 0 Å². The molecule has 25 heavy (non-hydrogen) atoms.